The maximum absolute atomic E-state index is 12.3. The molecule has 3 N–H and O–H groups in total. The quantitative estimate of drug-likeness (QED) is 0.624. The molecule has 6 nitrogen and oxygen atoms in total. The minimum absolute atomic E-state index is 0.0460. The molecule has 0 atom stereocenters. The van der Waals surface area contributed by atoms with Crippen molar-refractivity contribution in [3.05, 3.63) is 65.2 Å². The van der Waals surface area contributed by atoms with Crippen molar-refractivity contribution < 1.29 is 14.3 Å². The number of nitrogens with one attached hydrogen (secondary N) is 1. The molecule has 25 heavy (non-hydrogen) atoms. The molecule has 0 aliphatic carbocycles. The van der Waals surface area contributed by atoms with E-state index < -0.39 is 11.8 Å². The Labute approximate surface area is 145 Å². The summed E-state index contributed by atoms with van der Waals surface area (Å²) in [6.07, 6.45) is 1.45. The van der Waals surface area contributed by atoms with E-state index in [2.05, 4.69) is 5.32 Å². The van der Waals surface area contributed by atoms with Gasteiger partial charge in [-0.05, 0) is 42.3 Å². The van der Waals surface area contributed by atoms with E-state index in [1.165, 1.54) is 6.08 Å². The van der Waals surface area contributed by atoms with Crippen molar-refractivity contribution in [2.75, 3.05) is 11.9 Å². The Balaban J connectivity index is 2.18. The van der Waals surface area contributed by atoms with E-state index in [1.807, 2.05) is 25.1 Å². The fourth-order valence-electron chi connectivity index (χ4n) is 2.07. The third-order valence-corrected chi connectivity index (χ3v) is 3.31. The third kappa shape index (κ3) is 5.22. The molecule has 0 spiro atoms. The van der Waals surface area contributed by atoms with Crippen LogP contribution < -0.4 is 15.8 Å². The molecule has 0 aliphatic rings. The first-order chi connectivity index (χ1) is 12.0. The van der Waals surface area contributed by atoms with Gasteiger partial charge in [0.15, 0.2) is 6.61 Å². The van der Waals surface area contributed by atoms with Crippen LogP contribution in [0.3, 0.4) is 0 Å². The number of amides is 2. The van der Waals surface area contributed by atoms with Crippen molar-refractivity contribution in [2.45, 2.75) is 6.92 Å². The Hall–Kier alpha value is -3.59. The minimum Gasteiger partial charge on any atom is -0.484 e. The summed E-state index contributed by atoms with van der Waals surface area (Å²) in [6, 6.07) is 15.9. The normalized spacial score (nSPS) is 10.6. The molecule has 2 amide bonds. The van der Waals surface area contributed by atoms with Crippen LogP contribution in [0.15, 0.2) is 54.1 Å². The lowest BCUT2D eigenvalue weighted by molar-refractivity contribution is -0.120. The first-order valence-electron chi connectivity index (χ1n) is 7.49. The molecule has 2 rings (SSSR count). The number of para-hydroxylation sites is 1. The number of hydrogen-bond donors (Lipinski definition) is 2. The van der Waals surface area contributed by atoms with Crippen LogP contribution in [-0.4, -0.2) is 18.4 Å². The summed E-state index contributed by atoms with van der Waals surface area (Å²) in [5.74, 6) is -0.666. The van der Waals surface area contributed by atoms with Crippen molar-refractivity contribution in [1.29, 1.82) is 5.26 Å². The van der Waals surface area contributed by atoms with Gasteiger partial charge in [-0.3, -0.25) is 9.59 Å². The maximum atomic E-state index is 12.3. The SMILES string of the molecule is Cc1ccccc1NC(=O)/C(C#N)=C\c1cccc(OCC(N)=O)c1. The van der Waals surface area contributed by atoms with Crippen molar-refractivity contribution in [1.82, 2.24) is 0 Å². The Morgan fingerprint density at radius 1 is 1.24 bits per heavy atom. The molecule has 6 heteroatoms. The highest BCUT2D eigenvalue weighted by Gasteiger charge is 2.11. The predicted octanol–water partition coefficient (Wildman–Crippen LogP) is 2.40. The van der Waals surface area contributed by atoms with Crippen LogP contribution in [0, 0.1) is 18.3 Å². The molecule has 0 unspecified atom stereocenters. The molecular formula is C19H17N3O3. The predicted molar refractivity (Wildman–Crippen MR) is 94.5 cm³/mol. The summed E-state index contributed by atoms with van der Waals surface area (Å²) < 4.78 is 5.21. The fourth-order valence-corrected chi connectivity index (χ4v) is 2.07. The maximum Gasteiger partial charge on any atom is 0.266 e. The van der Waals surface area contributed by atoms with Crippen LogP contribution in [0.4, 0.5) is 5.69 Å². The Morgan fingerprint density at radius 2 is 2.00 bits per heavy atom. The van der Waals surface area contributed by atoms with Crippen LogP contribution in [0.5, 0.6) is 5.75 Å². The fraction of sp³-hybridized carbons (Fsp3) is 0.105. The highest BCUT2D eigenvalue weighted by molar-refractivity contribution is 6.09. The van der Waals surface area contributed by atoms with E-state index in [4.69, 9.17) is 10.5 Å². The number of primary amides is 1. The van der Waals surface area contributed by atoms with Crippen molar-refractivity contribution in [3.63, 3.8) is 0 Å². The van der Waals surface area contributed by atoms with Crippen LogP contribution in [0.25, 0.3) is 6.08 Å². The van der Waals surface area contributed by atoms with Crippen LogP contribution in [0.1, 0.15) is 11.1 Å². The standard InChI is InChI=1S/C19H17N3O3/c1-13-5-2-3-8-17(13)22-19(24)15(11-20)9-14-6-4-7-16(10-14)25-12-18(21)23/h2-10H,12H2,1H3,(H2,21,23)(H,22,24)/b15-9-. The lowest BCUT2D eigenvalue weighted by Crippen LogP contribution is -2.20. The number of aryl methyl sites for hydroxylation is 1. The smallest absolute Gasteiger partial charge is 0.266 e. The van der Waals surface area contributed by atoms with Gasteiger partial charge in [0.05, 0.1) is 0 Å². The molecule has 0 aliphatic heterocycles. The molecule has 0 radical (unpaired) electrons. The van der Waals surface area contributed by atoms with Gasteiger partial charge in [-0.2, -0.15) is 5.26 Å². The monoisotopic (exact) mass is 335 g/mol. The largest absolute Gasteiger partial charge is 0.484 e. The summed E-state index contributed by atoms with van der Waals surface area (Å²) in [6.45, 7) is 1.62. The number of rotatable bonds is 6. The second-order valence-electron chi connectivity index (χ2n) is 5.27. The van der Waals surface area contributed by atoms with Crippen molar-refractivity contribution in [2.24, 2.45) is 5.73 Å². The lowest BCUT2D eigenvalue weighted by atomic mass is 10.1. The number of nitrogens with zero attached hydrogens (tertiary/aromatic N) is 1. The summed E-state index contributed by atoms with van der Waals surface area (Å²) in [4.78, 5) is 23.1. The third-order valence-electron chi connectivity index (χ3n) is 3.31. The van der Waals surface area contributed by atoms with Gasteiger partial charge in [0.1, 0.15) is 17.4 Å². The second-order valence-corrected chi connectivity index (χ2v) is 5.27. The molecule has 0 fully saturated rings. The zero-order chi connectivity index (χ0) is 18.2. The van der Waals surface area contributed by atoms with Gasteiger partial charge in [0, 0.05) is 5.69 Å². The van der Waals surface area contributed by atoms with Crippen LogP contribution in [0.2, 0.25) is 0 Å². The second kappa shape index (κ2) is 8.31. The topological polar surface area (TPSA) is 105 Å². The molecule has 0 aromatic heterocycles. The van der Waals surface area contributed by atoms with Crippen molar-refractivity contribution in [3.8, 4) is 11.8 Å². The number of carbonyl (C=O) groups excluding carboxylic acids is 2. The zero-order valence-electron chi connectivity index (χ0n) is 13.7. The number of nitrogens with two attached hydrogens (primary N) is 1. The van der Waals surface area contributed by atoms with E-state index in [-0.39, 0.29) is 12.2 Å². The van der Waals surface area contributed by atoms with Crippen molar-refractivity contribution >= 4 is 23.6 Å². The first-order valence-corrected chi connectivity index (χ1v) is 7.49. The average Bonchev–Trinajstić information content (AvgIpc) is 2.60. The van der Waals surface area contributed by atoms with Gasteiger partial charge >= 0.3 is 0 Å². The summed E-state index contributed by atoms with van der Waals surface area (Å²) in [7, 11) is 0. The summed E-state index contributed by atoms with van der Waals surface area (Å²) in [5, 5.41) is 12.0. The van der Waals surface area contributed by atoms with Gasteiger partial charge in [0.25, 0.3) is 11.8 Å². The van der Waals surface area contributed by atoms with Gasteiger partial charge in [-0.1, -0.05) is 30.3 Å². The number of ether oxygens (including phenoxy) is 1. The first kappa shape index (κ1) is 17.8. The van der Waals surface area contributed by atoms with Gasteiger partial charge in [0.2, 0.25) is 0 Å². The average molecular weight is 335 g/mol. The number of nitriles is 1. The number of benzene rings is 2. The van der Waals surface area contributed by atoms with Gasteiger partial charge < -0.3 is 15.8 Å². The number of anilines is 1. The van der Waals surface area contributed by atoms with E-state index >= 15 is 0 Å². The number of carbonyl (C=O) groups is 2. The highest BCUT2D eigenvalue weighted by Crippen LogP contribution is 2.18. The number of hydrogen-bond acceptors (Lipinski definition) is 4. The molecule has 0 heterocycles. The minimum atomic E-state index is -0.587. The molecule has 126 valence electrons. The van der Waals surface area contributed by atoms with E-state index in [1.54, 1.807) is 36.4 Å². The molecular weight excluding hydrogens is 318 g/mol. The van der Waals surface area contributed by atoms with Crippen LogP contribution >= 0.6 is 0 Å². The molecule has 2 aromatic rings. The van der Waals surface area contributed by atoms with Gasteiger partial charge in [-0.25, -0.2) is 0 Å². The molecule has 0 saturated carbocycles. The Kier molecular flexibility index (Phi) is 5.91. The Morgan fingerprint density at radius 3 is 2.68 bits per heavy atom. The molecule has 2 aromatic carbocycles. The van der Waals surface area contributed by atoms with E-state index in [0.29, 0.717) is 17.0 Å². The van der Waals surface area contributed by atoms with Crippen LogP contribution in [-0.2, 0) is 9.59 Å². The Bertz CT molecular complexity index is 866. The summed E-state index contributed by atoms with van der Waals surface area (Å²) in [5.41, 5.74) is 7.13. The zero-order valence-corrected chi connectivity index (χ0v) is 13.7. The molecule has 0 saturated heterocycles. The molecule has 0 bridgehead atoms. The summed E-state index contributed by atoms with van der Waals surface area (Å²) >= 11 is 0. The van der Waals surface area contributed by atoms with E-state index in [9.17, 15) is 14.9 Å². The van der Waals surface area contributed by atoms with Gasteiger partial charge in [-0.15, -0.1) is 0 Å². The highest BCUT2D eigenvalue weighted by atomic mass is 16.5. The lowest BCUT2D eigenvalue weighted by Gasteiger charge is -2.07. The van der Waals surface area contributed by atoms with E-state index in [0.717, 1.165) is 5.56 Å².